The Labute approximate surface area is 242 Å². The van der Waals surface area contributed by atoms with Gasteiger partial charge < -0.3 is 9.64 Å². The van der Waals surface area contributed by atoms with Gasteiger partial charge >= 0.3 is 0 Å². The molecule has 2 atom stereocenters. The minimum atomic E-state index is -0.0131. The molecule has 0 radical (unpaired) electrons. The minimum absolute atomic E-state index is 0.0131. The summed E-state index contributed by atoms with van der Waals surface area (Å²) in [5, 5.41) is 2.67. The van der Waals surface area contributed by atoms with E-state index in [1.54, 1.807) is 0 Å². The Bertz CT molecular complexity index is 2090. The highest BCUT2D eigenvalue weighted by Crippen LogP contribution is 2.59. The third kappa shape index (κ3) is 3.43. The number of anilines is 2. The summed E-state index contributed by atoms with van der Waals surface area (Å²) in [4.78, 5) is 2.45. The van der Waals surface area contributed by atoms with Gasteiger partial charge in [-0.05, 0) is 58.7 Å². The third-order valence-corrected chi connectivity index (χ3v) is 9.84. The Kier molecular flexibility index (Phi) is 4.93. The van der Waals surface area contributed by atoms with Crippen molar-refractivity contribution >= 4 is 42.9 Å². The normalized spacial score (nSPS) is 16.9. The molecule has 0 saturated heterocycles. The SMILES string of the molecule is c1ccc(N2c3ccccc3C3Oc4ccc(-c5ccc(-c6cccc7c6sc6ccccc67)cc5)cc4C32)cc1. The first-order valence-electron chi connectivity index (χ1n) is 14.1. The average molecular weight is 544 g/mol. The van der Waals surface area contributed by atoms with Crippen molar-refractivity contribution in [1.29, 1.82) is 0 Å². The Morgan fingerprint density at radius 1 is 0.561 bits per heavy atom. The first-order chi connectivity index (χ1) is 20.3. The molecule has 9 rings (SSSR count). The quantitative estimate of drug-likeness (QED) is 0.220. The van der Waals surface area contributed by atoms with Gasteiger partial charge in [0.2, 0.25) is 0 Å². The number of hydrogen-bond acceptors (Lipinski definition) is 3. The molecule has 0 spiro atoms. The monoisotopic (exact) mass is 543 g/mol. The highest BCUT2D eigenvalue weighted by Gasteiger charge is 2.47. The maximum atomic E-state index is 6.60. The number of para-hydroxylation sites is 2. The molecule has 194 valence electrons. The molecule has 2 nitrogen and oxygen atoms in total. The van der Waals surface area contributed by atoms with Crippen LogP contribution in [-0.4, -0.2) is 0 Å². The van der Waals surface area contributed by atoms with Gasteiger partial charge in [0.1, 0.15) is 11.8 Å². The van der Waals surface area contributed by atoms with Gasteiger partial charge in [-0.2, -0.15) is 0 Å². The summed E-state index contributed by atoms with van der Waals surface area (Å²) in [6.45, 7) is 0. The predicted molar refractivity (Wildman–Crippen MR) is 171 cm³/mol. The zero-order valence-corrected chi connectivity index (χ0v) is 23.0. The lowest BCUT2D eigenvalue weighted by Crippen LogP contribution is -2.20. The fourth-order valence-corrected chi connectivity index (χ4v) is 7.98. The second-order valence-corrected chi connectivity index (χ2v) is 11.9. The molecule has 3 heteroatoms. The highest BCUT2D eigenvalue weighted by molar-refractivity contribution is 7.26. The Morgan fingerprint density at radius 2 is 1.29 bits per heavy atom. The molecule has 0 saturated carbocycles. The molecule has 3 heterocycles. The molecule has 41 heavy (non-hydrogen) atoms. The summed E-state index contributed by atoms with van der Waals surface area (Å²) in [6.07, 6.45) is -0.0131. The predicted octanol–water partition coefficient (Wildman–Crippen LogP) is 10.7. The van der Waals surface area contributed by atoms with Crippen molar-refractivity contribution in [2.75, 3.05) is 4.90 Å². The largest absolute Gasteiger partial charge is 0.483 e. The van der Waals surface area contributed by atoms with Crippen molar-refractivity contribution in [2.24, 2.45) is 0 Å². The molecule has 0 amide bonds. The number of benzene rings is 6. The molecule has 2 aliphatic rings. The van der Waals surface area contributed by atoms with E-state index in [9.17, 15) is 0 Å². The van der Waals surface area contributed by atoms with Crippen molar-refractivity contribution < 1.29 is 4.74 Å². The van der Waals surface area contributed by atoms with Gasteiger partial charge in [-0.15, -0.1) is 11.3 Å². The molecule has 2 unspecified atom stereocenters. The maximum absolute atomic E-state index is 6.60. The van der Waals surface area contributed by atoms with E-state index < -0.39 is 0 Å². The van der Waals surface area contributed by atoms with E-state index in [1.807, 2.05) is 11.3 Å². The first kappa shape index (κ1) is 22.9. The second kappa shape index (κ2) is 8.82. The summed E-state index contributed by atoms with van der Waals surface area (Å²) in [6, 6.07) is 50.5. The lowest BCUT2D eigenvalue weighted by Gasteiger charge is -2.26. The molecule has 6 aromatic carbocycles. The summed E-state index contributed by atoms with van der Waals surface area (Å²) >= 11 is 1.88. The van der Waals surface area contributed by atoms with Gasteiger partial charge in [-0.25, -0.2) is 0 Å². The van der Waals surface area contributed by atoms with Crippen LogP contribution in [0.5, 0.6) is 5.75 Å². The smallest absolute Gasteiger partial charge is 0.151 e. The standard InChI is InChI=1S/C38H25NOS/c1-2-9-27(10-3-1)39-33-15-6-4-12-31(33)37-36(39)32-23-26(21-22-34(32)40-37)24-17-19-25(20-18-24)28-13-8-14-30-29-11-5-7-16-35(29)41-38(28)30/h1-23,36-37H. The first-order valence-corrected chi connectivity index (χ1v) is 14.9. The molecule has 1 aromatic heterocycles. The van der Waals surface area contributed by atoms with Crippen LogP contribution in [0.25, 0.3) is 42.4 Å². The lowest BCUT2D eigenvalue weighted by molar-refractivity contribution is 0.223. The van der Waals surface area contributed by atoms with Crippen LogP contribution < -0.4 is 9.64 Å². The lowest BCUT2D eigenvalue weighted by atomic mass is 9.95. The molecule has 0 fully saturated rings. The van der Waals surface area contributed by atoms with Crippen LogP contribution in [0.2, 0.25) is 0 Å². The van der Waals surface area contributed by atoms with E-state index in [4.69, 9.17) is 4.74 Å². The molecule has 0 N–H and O–H groups in total. The zero-order chi connectivity index (χ0) is 26.9. The molecule has 7 aromatic rings. The maximum Gasteiger partial charge on any atom is 0.151 e. The van der Waals surface area contributed by atoms with Crippen LogP contribution in [-0.2, 0) is 0 Å². The van der Waals surface area contributed by atoms with E-state index in [1.165, 1.54) is 64.9 Å². The summed E-state index contributed by atoms with van der Waals surface area (Å²) in [5.74, 6) is 0.979. The van der Waals surface area contributed by atoms with Gasteiger partial charge in [0.15, 0.2) is 6.10 Å². The average Bonchev–Trinajstić information content (AvgIpc) is 3.70. The van der Waals surface area contributed by atoms with E-state index in [0.29, 0.717) is 0 Å². The van der Waals surface area contributed by atoms with Gasteiger partial charge in [0, 0.05) is 42.7 Å². The summed E-state index contributed by atoms with van der Waals surface area (Å²) in [5.41, 5.74) is 9.87. The number of hydrogen-bond donors (Lipinski definition) is 0. The van der Waals surface area contributed by atoms with E-state index in [2.05, 4.69) is 144 Å². The molecular weight excluding hydrogens is 518 g/mol. The second-order valence-electron chi connectivity index (χ2n) is 10.9. The van der Waals surface area contributed by atoms with Crippen LogP contribution in [0.3, 0.4) is 0 Å². The van der Waals surface area contributed by atoms with Crippen molar-refractivity contribution in [3.8, 4) is 28.0 Å². The summed E-state index contributed by atoms with van der Waals surface area (Å²) < 4.78 is 9.29. The zero-order valence-electron chi connectivity index (χ0n) is 22.2. The van der Waals surface area contributed by atoms with Crippen molar-refractivity contribution in [3.63, 3.8) is 0 Å². The van der Waals surface area contributed by atoms with Crippen LogP contribution in [0.1, 0.15) is 23.3 Å². The van der Waals surface area contributed by atoms with Crippen LogP contribution in [0.4, 0.5) is 11.4 Å². The minimum Gasteiger partial charge on any atom is -0.483 e. The van der Waals surface area contributed by atoms with E-state index >= 15 is 0 Å². The Morgan fingerprint density at radius 3 is 2.20 bits per heavy atom. The fraction of sp³-hybridized carbons (Fsp3) is 0.0526. The van der Waals surface area contributed by atoms with Gasteiger partial charge in [-0.3, -0.25) is 0 Å². The van der Waals surface area contributed by atoms with Crippen molar-refractivity contribution in [1.82, 2.24) is 0 Å². The number of nitrogens with zero attached hydrogens (tertiary/aromatic N) is 1. The molecule has 0 bridgehead atoms. The highest BCUT2D eigenvalue weighted by atomic mass is 32.1. The fourth-order valence-electron chi connectivity index (χ4n) is 6.74. The van der Waals surface area contributed by atoms with Crippen LogP contribution >= 0.6 is 11.3 Å². The van der Waals surface area contributed by atoms with Gasteiger partial charge in [0.25, 0.3) is 0 Å². The number of thiophene rings is 1. The van der Waals surface area contributed by atoms with E-state index in [0.717, 1.165) is 5.75 Å². The topological polar surface area (TPSA) is 12.5 Å². The summed E-state index contributed by atoms with van der Waals surface area (Å²) in [7, 11) is 0. The van der Waals surface area contributed by atoms with Crippen molar-refractivity contribution in [3.05, 3.63) is 151 Å². The van der Waals surface area contributed by atoms with Gasteiger partial charge in [0.05, 0.1) is 0 Å². The van der Waals surface area contributed by atoms with Crippen molar-refractivity contribution in [2.45, 2.75) is 12.1 Å². The number of rotatable bonds is 3. The Balaban J connectivity index is 1.11. The Hall–Kier alpha value is -4.86. The van der Waals surface area contributed by atoms with Gasteiger partial charge in [-0.1, -0.05) is 103 Å². The molecule has 0 aliphatic carbocycles. The third-order valence-electron chi connectivity index (χ3n) is 8.62. The number of ether oxygens (including phenoxy) is 1. The van der Waals surface area contributed by atoms with Crippen LogP contribution in [0, 0.1) is 0 Å². The molecule has 2 aliphatic heterocycles. The molecular formula is C38H25NOS. The van der Waals surface area contributed by atoms with Crippen LogP contribution in [0.15, 0.2) is 140 Å². The number of fused-ring (bicyclic) bond motifs is 8. The van der Waals surface area contributed by atoms with E-state index in [-0.39, 0.29) is 12.1 Å².